The lowest BCUT2D eigenvalue weighted by Crippen LogP contribution is -2.42. The zero-order valence-electron chi connectivity index (χ0n) is 12.5. The van der Waals surface area contributed by atoms with Crippen LogP contribution in [-0.2, 0) is 0 Å². The van der Waals surface area contributed by atoms with Crippen LogP contribution in [-0.4, -0.2) is 37.9 Å². The Morgan fingerprint density at radius 3 is 2.43 bits per heavy atom. The highest BCUT2D eigenvalue weighted by molar-refractivity contribution is 7.80. The maximum Gasteiger partial charge on any atom is 0.428 e. The van der Waals surface area contributed by atoms with Crippen molar-refractivity contribution in [3.8, 4) is 0 Å². The summed E-state index contributed by atoms with van der Waals surface area (Å²) in [7, 11) is 0. The Labute approximate surface area is 139 Å². The van der Waals surface area contributed by atoms with E-state index in [0.717, 1.165) is 16.3 Å². The topological polar surface area (TPSA) is 59.9 Å². The van der Waals surface area contributed by atoms with E-state index in [1.54, 1.807) is 17.4 Å². The fourth-order valence-electron chi connectivity index (χ4n) is 2.76. The Morgan fingerprint density at radius 2 is 1.87 bits per heavy atom. The molecule has 1 saturated heterocycles. The molecule has 2 aromatic rings. The molecule has 1 N–H and O–H groups in total. The van der Waals surface area contributed by atoms with E-state index >= 15 is 0 Å². The van der Waals surface area contributed by atoms with Gasteiger partial charge in [0.15, 0.2) is 0 Å². The fraction of sp³-hybridized carbons (Fsp3) is 0.188. The van der Waals surface area contributed by atoms with Gasteiger partial charge in [0.25, 0.3) is 0 Å². The Bertz CT molecular complexity index is 711. The minimum Gasteiger partial charge on any atom is -0.464 e. The average Bonchev–Trinajstić information content (AvgIpc) is 2.89. The van der Waals surface area contributed by atoms with Crippen molar-refractivity contribution in [2.45, 2.75) is 13.1 Å². The predicted molar refractivity (Wildman–Crippen MR) is 90.7 cm³/mol. The van der Waals surface area contributed by atoms with E-state index in [0.29, 0.717) is 6.54 Å². The van der Waals surface area contributed by atoms with Crippen molar-refractivity contribution in [1.82, 2.24) is 15.0 Å². The van der Waals surface area contributed by atoms with Gasteiger partial charge in [-0.3, -0.25) is 9.88 Å². The number of anilines is 1. The first-order valence-electron chi connectivity index (χ1n) is 7.23. The average molecular weight is 328 g/mol. The number of amides is 1. The molecule has 2 heterocycles. The maximum atomic E-state index is 11.7. The summed E-state index contributed by atoms with van der Waals surface area (Å²) in [6, 6.07) is 13.3. The molecule has 0 spiro atoms. The van der Waals surface area contributed by atoms with Crippen molar-refractivity contribution in [2.75, 3.05) is 11.4 Å². The van der Waals surface area contributed by atoms with Gasteiger partial charge in [0.1, 0.15) is 6.17 Å². The summed E-state index contributed by atoms with van der Waals surface area (Å²) < 4.78 is 0. The van der Waals surface area contributed by atoms with Crippen LogP contribution in [0, 0.1) is 0 Å². The van der Waals surface area contributed by atoms with Gasteiger partial charge in [0.05, 0.1) is 0 Å². The zero-order valence-corrected chi connectivity index (χ0v) is 13.3. The van der Waals surface area contributed by atoms with Crippen molar-refractivity contribution in [3.05, 3.63) is 60.4 Å². The molecular weight excluding hydrogens is 312 g/mol. The largest absolute Gasteiger partial charge is 0.464 e. The number of hydrazine groups is 1. The number of aromatic nitrogens is 1. The van der Waals surface area contributed by atoms with Crippen LogP contribution in [0.5, 0.6) is 0 Å². The Morgan fingerprint density at radius 1 is 1.22 bits per heavy atom. The smallest absolute Gasteiger partial charge is 0.428 e. The van der Waals surface area contributed by atoms with Crippen LogP contribution in [0.1, 0.15) is 18.7 Å². The fourth-order valence-corrected chi connectivity index (χ4v) is 3.15. The van der Waals surface area contributed by atoms with E-state index in [2.05, 4.69) is 4.98 Å². The lowest BCUT2D eigenvalue weighted by molar-refractivity contribution is 0.0424. The van der Waals surface area contributed by atoms with Crippen LogP contribution >= 0.6 is 12.2 Å². The standard InChI is InChI=1S/C16H16N4O2S/c1-2-18-14(12-8-10-17-11-9-12)19(13-6-4-3-5-7-13)15(23)20(18)16(21)22/h3-11,14H,2H2,1H3,(H,21,22). The molecule has 0 bridgehead atoms. The van der Waals surface area contributed by atoms with Gasteiger partial charge in [-0.25, -0.2) is 4.79 Å². The van der Waals surface area contributed by atoms with Gasteiger partial charge in [-0.05, 0) is 42.0 Å². The van der Waals surface area contributed by atoms with Gasteiger partial charge in [0, 0.05) is 24.6 Å². The van der Waals surface area contributed by atoms with Gasteiger partial charge in [-0.15, -0.1) is 0 Å². The summed E-state index contributed by atoms with van der Waals surface area (Å²) >= 11 is 5.45. The Balaban J connectivity index is 2.14. The second-order valence-corrected chi connectivity index (χ2v) is 5.36. The van der Waals surface area contributed by atoms with Crippen molar-refractivity contribution >= 4 is 29.1 Å². The van der Waals surface area contributed by atoms with Crippen LogP contribution in [0.15, 0.2) is 54.9 Å². The molecule has 23 heavy (non-hydrogen) atoms. The lowest BCUT2D eigenvalue weighted by Gasteiger charge is -2.29. The van der Waals surface area contributed by atoms with Crippen LogP contribution in [0.2, 0.25) is 0 Å². The van der Waals surface area contributed by atoms with E-state index in [4.69, 9.17) is 12.2 Å². The van der Waals surface area contributed by atoms with E-state index in [9.17, 15) is 9.90 Å². The molecule has 7 heteroatoms. The molecule has 6 nitrogen and oxygen atoms in total. The monoisotopic (exact) mass is 328 g/mol. The molecule has 1 atom stereocenters. The van der Waals surface area contributed by atoms with E-state index in [1.165, 1.54) is 0 Å². The van der Waals surface area contributed by atoms with Gasteiger partial charge in [0.2, 0.25) is 5.11 Å². The molecule has 0 saturated carbocycles. The Kier molecular flexibility index (Phi) is 4.22. The first kappa shape index (κ1) is 15.4. The molecule has 0 aliphatic carbocycles. The number of benzene rings is 1. The number of pyridine rings is 1. The number of para-hydroxylation sites is 1. The highest BCUT2D eigenvalue weighted by atomic mass is 32.1. The number of carbonyl (C=O) groups is 1. The summed E-state index contributed by atoms with van der Waals surface area (Å²) in [5.74, 6) is 0. The third kappa shape index (κ3) is 2.64. The number of carboxylic acid groups (broad SMARTS) is 1. The first-order valence-corrected chi connectivity index (χ1v) is 7.63. The van der Waals surface area contributed by atoms with Crippen LogP contribution < -0.4 is 4.90 Å². The third-order valence-electron chi connectivity index (χ3n) is 3.71. The second kappa shape index (κ2) is 6.31. The zero-order chi connectivity index (χ0) is 16.4. The minimum absolute atomic E-state index is 0.243. The SMILES string of the molecule is CCN1C(c2ccncc2)N(c2ccccc2)C(=S)N1C(=O)O. The van der Waals surface area contributed by atoms with Gasteiger partial charge in [-0.2, -0.15) is 10.0 Å². The molecule has 0 radical (unpaired) electrons. The predicted octanol–water partition coefficient (Wildman–Crippen LogP) is 3.10. The summed E-state index contributed by atoms with van der Waals surface area (Å²) in [6.07, 6.45) is 1.97. The molecule has 1 aromatic carbocycles. The number of thiocarbonyl (C=S) groups is 1. The number of hydrogen-bond acceptors (Lipinski definition) is 4. The molecule has 1 aliphatic rings. The van der Waals surface area contributed by atoms with Gasteiger partial charge >= 0.3 is 6.09 Å². The van der Waals surface area contributed by atoms with Crippen molar-refractivity contribution in [1.29, 1.82) is 0 Å². The first-order chi connectivity index (χ1) is 11.1. The van der Waals surface area contributed by atoms with Crippen molar-refractivity contribution in [2.24, 2.45) is 0 Å². The summed E-state index contributed by atoms with van der Waals surface area (Å²) in [6.45, 7) is 2.41. The minimum atomic E-state index is -1.09. The third-order valence-corrected chi connectivity index (χ3v) is 4.08. The Hall–Kier alpha value is -2.51. The second-order valence-electron chi connectivity index (χ2n) is 4.99. The molecule has 1 aromatic heterocycles. The number of hydrogen-bond donors (Lipinski definition) is 1. The van der Waals surface area contributed by atoms with Crippen molar-refractivity contribution < 1.29 is 9.90 Å². The highest BCUT2D eigenvalue weighted by Crippen LogP contribution is 2.37. The van der Waals surface area contributed by atoms with Crippen molar-refractivity contribution in [3.63, 3.8) is 0 Å². The van der Waals surface area contributed by atoms with E-state index in [-0.39, 0.29) is 11.3 Å². The highest BCUT2D eigenvalue weighted by Gasteiger charge is 2.45. The van der Waals surface area contributed by atoms with E-state index in [1.807, 2.05) is 54.3 Å². The molecule has 118 valence electrons. The van der Waals surface area contributed by atoms with Crippen LogP contribution in [0.25, 0.3) is 0 Å². The normalized spacial score (nSPS) is 18.5. The molecule has 3 rings (SSSR count). The quantitative estimate of drug-likeness (QED) is 0.874. The molecule has 1 amide bonds. The van der Waals surface area contributed by atoms with E-state index < -0.39 is 6.09 Å². The summed E-state index contributed by atoms with van der Waals surface area (Å²) in [5.41, 5.74) is 1.78. The summed E-state index contributed by atoms with van der Waals surface area (Å²) in [5, 5.41) is 12.7. The maximum absolute atomic E-state index is 11.7. The molecular formula is C16H16N4O2S. The number of rotatable bonds is 3. The molecule has 1 fully saturated rings. The molecule has 1 unspecified atom stereocenters. The summed E-state index contributed by atoms with van der Waals surface area (Å²) in [4.78, 5) is 17.6. The van der Waals surface area contributed by atoms with Crippen LogP contribution in [0.4, 0.5) is 10.5 Å². The molecule has 1 aliphatic heterocycles. The lowest BCUT2D eigenvalue weighted by atomic mass is 10.1. The van der Waals surface area contributed by atoms with Crippen LogP contribution in [0.3, 0.4) is 0 Å². The van der Waals surface area contributed by atoms with Gasteiger partial charge in [-0.1, -0.05) is 25.1 Å². The number of nitrogens with zero attached hydrogens (tertiary/aromatic N) is 4. The van der Waals surface area contributed by atoms with Gasteiger partial charge < -0.3 is 5.11 Å².